The summed E-state index contributed by atoms with van der Waals surface area (Å²) in [4.78, 5) is 0. The second-order valence-corrected chi connectivity index (χ2v) is 6.71. The van der Waals surface area contributed by atoms with E-state index in [0.717, 1.165) is 11.3 Å². The average Bonchev–Trinajstić information content (AvgIpc) is 2.73. The minimum Gasteiger partial charge on any atom is -0.493 e. The molecule has 4 nitrogen and oxygen atoms in total. The van der Waals surface area contributed by atoms with Crippen molar-refractivity contribution >= 4 is 6.21 Å². The van der Waals surface area contributed by atoms with Gasteiger partial charge in [-0.15, -0.1) is 0 Å². The Morgan fingerprint density at radius 1 is 0.929 bits per heavy atom. The zero-order valence-electron chi connectivity index (χ0n) is 16.6. The highest BCUT2D eigenvalue weighted by Gasteiger charge is 2.07. The summed E-state index contributed by atoms with van der Waals surface area (Å²) in [5.74, 6) is 1.41. The first kappa shape index (κ1) is 19.5. The molecule has 0 saturated carbocycles. The number of methoxy groups -OCH3 is 1. The van der Waals surface area contributed by atoms with Gasteiger partial charge in [0.15, 0.2) is 11.5 Å². The lowest BCUT2D eigenvalue weighted by molar-refractivity contribution is 0.284. The fraction of sp³-hybridized carbons (Fsp3) is 0.208. The van der Waals surface area contributed by atoms with E-state index in [2.05, 4.69) is 54.7 Å². The van der Waals surface area contributed by atoms with E-state index in [1.807, 2.05) is 36.4 Å². The Morgan fingerprint density at radius 2 is 1.75 bits per heavy atom. The lowest BCUT2D eigenvalue weighted by Crippen LogP contribution is -2.05. The van der Waals surface area contributed by atoms with Crippen molar-refractivity contribution in [2.75, 3.05) is 7.11 Å². The maximum Gasteiger partial charge on any atom is 0.161 e. The molecular formula is C24H26N2O2. The van der Waals surface area contributed by atoms with Crippen molar-refractivity contribution in [1.29, 1.82) is 0 Å². The lowest BCUT2D eigenvalue weighted by Gasteiger charge is -2.13. The van der Waals surface area contributed by atoms with E-state index in [0.29, 0.717) is 18.9 Å². The predicted molar refractivity (Wildman–Crippen MR) is 114 cm³/mol. The lowest BCUT2D eigenvalue weighted by atomic mass is 10.1. The summed E-state index contributed by atoms with van der Waals surface area (Å²) in [5, 5.41) is 4.29. The molecule has 3 rings (SSSR count). The van der Waals surface area contributed by atoms with E-state index in [1.165, 1.54) is 22.3 Å². The first-order chi connectivity index (χ1) is 13.7. The van der Waals surface area contributed by atoms with Crippen LogP contribution in [0.25, 0.3) is 0 Å². The Balaban J connectivity index is 1.61. The molecular weight excluding hydrogens is 348 g/mol. The van der Waals surface area contributed by atoms with Gasteiger partial charge in [0.05, 0.1) is 19.9 Å². The molecule has 0 aliphatic rings. The van der Waals surface area contributed by atoms with Crippen molar-refractivity contribution in [3.05, 3.63) is 94.5 Å². The predicted octanol–water partition coefficient (Wildman–Crippen LogP) is 5.01. The van der Waals surface area contributed by atoms with E-state index >= 15 is 0 Å². The second-order valence-electron chi connectivity index (χ2n) is 6.71. The second kappa shape index (κ2) is 9.60. The molecule has 0 amide bonds. The summed E-state index contributed by atoms with van der Waals surface area (Å²) in [6.45, 7) is 5.38. The summed E-state index contributed by atoms with van der Waals surface area (Å²) in [7, 11) is 1.65. The third-order valence-electron chi connectivity index (χ3n) is 4.51. The van der Waals surface area contributed by atoms with Crippen molar-refractivity contribution < 1.29 is 9.47 Å². The molecule has 0 radical (unpaired) electrons. The van der Waals surface area contributed by atoms with Gasteiger partial charge < -0.3 is 14.9 Å². The van der Waals surface area contributed by atoms with Gasteiger partial charge in [-0.25, -0.2) is 0 Å². The van der Waals surface area contributed by atoms with Crippen LogP contribution in [0.4, 0.5) is 0 Å². The molecule has 4 heteroatoms. The SMILES string of the molecule is COc1cc(C=NNCc2ccccc2)ccc1OCc1cc(C)ccc1C. The number of hydrogen-bond acceptors (Lipinski definition) is 4. The molecule has 0 unspecified atom stereocenters. The largest absolute Gasteiger partial charge is 0.493 e. The van der Waals surface area contributed by atoms with Gasteiger partial charge >= 0.3 is 0 Å². The highest BCUT2D eigenvalue weighted by Crippen LogP contribution is 2.28. The highest BCUT2D eigenvalue weighted by atomic mass is 16.5. The molecule has 28 heavy (non-hydrogen) atoms. The van der Waals surface area contributed by atoms with Crippen molar-refractivity contribution in [2.24, 2.45) is 5.10 Å². The minimum atomic E-state index is 0.510. The molecule has 0 saturated heterocycles. The smallest absolute Gasteiger partial charge is 0.161 e. The van der Waals surface area contributed by atoms with Crippen LogP contribution in [0.2, 0.25) is 0 Å². The fourth-order valence-corrected chi connectivity index (χ4v) is 2.85. The monoisotopic (exact) mass is 374 g/mol. The van der Waals surface area contributed by atoms with Gasteiger partial charge in [-0.05, 0) is 54.3 Å². The first-order valence-electron chi connectivity index (χ1n) is 9.32. The molecule has 0 heterocycles. The van der Waals surface area contributed by atoms with Gasteiger partial charge in [0, 0.05) is 0 Å². The maximum absolute atomic E-state index is 6.00. The highest BCUT2D eigenvalue weighted by molar-refractivity contribution is 5.80. The van der Waals surface area contributed by atoms with E-state index < -0.39 is 0 Å². The van der Waals surface area contributed by atoms with Crippen LogP contribution < -0.4 is 14.9 Å². The van der Waals surface area contributed by atoms with Gasteiger partial charge in [-0.2, -0.15) is 5.10 Å². The third kappa shape index (κ3) is 5.36. The number of hydrogen-bond donors (Lipinski definition) is 1. The number of nitrogens with zero attached hydrogens (tertiary/aromatic N) is 1. The summed E-state index contributed by atoms with van der Waals surface area (Å²) < 4.78 is 11.5. The van der Waals surface area contributed by atoms with Crippen molar-refractivity contribution in [3.8, 4) is 11.5 Å². The van der Waals surface area contributed by atoms with Crippen LogP contribution in [0.3, 0.4) is 0 Å². The van der Waals surface area contributed by atoms with Crippen molar-refractivity contribution in [1.82, 2.24) is 5.43 Å². The number of benzene rings is 3. The molecule has 3 aromatic carbocycles. The first-order valence-corrected chi connectivity index (χ1v) is 9.32. The Morgan fingerprint density at radius 3 is 2.54 bits per heavy atom. The van der Waals surface area contributed by atoms with Crippen LogP contribution in [-0.4, -0.2) is 13.3 Å². The quantitative estimate of drug-likeness (QED) is 0.445. The van der Waals surface area contributed by atoms with Gasteiger partial charge in [0.25, 0.3) is 0 Å². The van der Waals surface area contributed by atoms with Gasteiger partial charge in [0.2, 0.25) is 0 Å². The maximum atomic E-state index is 6.00. The Labute approximate surface area is 166 Å². The molecule has 0 spiro atoms. The van der Waals surface area contributed by atoms with E-state index in [9.17, 15) is 0 Å². The van der Waals surface area contributed by atoms with E-state index in [1.54, 1.807) is 13.3 Å². The third-order valence-corrected chi connectivity index (χ3v) is 4.51. The van der Waals surface area contributed by atoms with Gasteiger partial charge in [-0.3, -0.25) is 0 Å². The van der Waals surface area contributed by atoms with Gasteiger partial charge in [0.1, 0.15) is 6.61 Å². The topological polar surface area (TPSA) is 42.8 Å². The van der Waals surface area contributed by atoms with Crippen LogP contribution in [-0.2, 0) is 13.2 Å². The molecule has 0 atom stereocenters. The number of rotatable bonds is 8. The van der Waals surface area contributed by atoms with Crippen molar-refractivity contribution in [3.63, 3.8) is 0 Å². The molecule has 1 N–H and O–H groups in total. The molecule has 0 fully saturated rings. The molecule has 0 aliphatic carbocycles. The Kier molecular flexibility index (Phi) is 6.68. The number of aryl methyl sites for hydroxylation is 2. The van der Waals surface area contributed by atoms with Crippen LogP contribution >= 0.6 is 0 Å². The molecule has 3 aromatic rings. The standard InChI is InChI=1S/C24H26N2O2/c1-18-9-10-19(2)22(13-18)17-28-23-12-11-21(14-24(23)27-3)16-26-25-15-20-7-5-4-6-8-20/h4-14,16,25H,15,17H2,1-3H3. The van der Waals surface area contributed by atoms with Gasteiger partial charge in [-0.1, -0.05) is 54.1 Å². The molecule has 0 aliphatic heterocycles. The zero-order valence-corrected chi connectivity index (χ0v) is 16.6. The number of nitrogens with one attached hydrogen (secondary N) is 1. The number of hydrazone groups is 1. The fourth-order valence-electron chi connectivity index (χ4n) is 2.85. The molecule has 0 aromatic heterocycles. The van der Waals surface area contributed by atoms with Crippen molar-refractivity contribution in [2.45, 2.75) is 27.0 Å². The summed E-state index contributed by atoms with van der Waals surface area (Å²) in [6.07, 6.45) is 1.78. The normalized spacial score (nSPS) is 10.8. The van der Waals surface area contributed by atoms with Crippen LogP contribution in [0.1, 0.15) is 27.8 Å². The van der Waals surface area contributed by atoms with E-state index in [-0.39, 0.29) is 0 Å². The summed E-state index contributed by atoms with van der Waals surface area (Å²) in [5.41, 5.74) is 8.81. The summed E-state index contributed by atoms with van der Waals surface area (Å²) >= 11 is 0. The zero-order chi connectivity index (χ0) is 19.8. The number of ether oxygens (including phenoxy) is 2. The average molecular weight is 374 g/mol. The summed E-state index contributed by atoms with van der Waals surface area (Å²) in [6, 6.07) is 22.4. The van der Waals surface area contributed by atoms with E-state index in [4.69, 9.17) is 9.47 Å². The Hall–Kier alpha value is -3.27. The molecule has 0 bridgehead atoms. The van der Waals surface area contributed by atoms with Crippen LogP contribution in [0.15, 0.2) is 71.8 Å². The minimum absolute atomic E-state index is 0.510. The molecule has 144 valence electrons. The van der Waals surface area contributed by atoms with Crippen LogP contribution in [0.5, 0.6) is 11.5 Å². The van der Waals surface area contributed by atoms with Crippen LogP contribution in [0, 0.1) is 13.8 Å². The Bertz CT molecular complexity index is 937.